The third-order valence-electron chi connectivity index (χ3n) is 5.75. The van der Waals surface area contributed by atoms with Crippen LogP contribution in [0.5, 0.6) is 0 Å². The zero-order chi connectivity index (χ0) is 23.8. The smallest absolute Gasteiger partial charge is 0.407 e. The van der Waals surface area contributed by atoms with Gasteiger partial charge in [-0.1, -0.05) is 68.0 Å². The summed E-state index contributed by atoms with van der Waals surface area (Å²) in [5, 5.41) is 14.4. The Morgan fingerprint density at radius 2 is 1.67 bits per heavy atom. The summed E-state index contributed by atoms with van der Waals surface area (Å²) in [5.41, 5.74) is 5.01. The molecule has 1 aliphatic carbocycles. The van der Waals surface area contributed by atoms with Gasteiger partial charge < -0.3 is 20.5 Å². The third kappa shape index (κ3) is 6.22. The molecule has 0 aromatic heterocycles. The predicted molar refractivity (Wildman–Crippen MR) is 126 cm³/mol. The predicted octanol–water partition coefficient (Wildman–Crippen LogP) is 4.23. The maximum atomic E-state index is 12.3. The molecule has 174 valence electrons. The van der Waals surface area contributed by atoms with E-state index in [1.165, 1.54) is 0 Å². The summed E-state index contributed by atoms with van der Waals surface area (Å²) in [6.45, 7) is 3.91. The second-order valence-corrected chi connectivity index (χ2v) is 8.15. The average Bonchev–Trinajstić information content (AvgIpc) is 3.11. The Bertz CT molecular complexity index is 1000. The minimum Gasteiger partial charge on any atom is -0.481 e. The molecule has 1 atom stereocenters. The molecule has 0 saturated heterocycles. The third-order valence-corrected chi connectivity index (χ3v) is 5.75. The lowest BCUT2D eigenvalue weighted by Gasteiger charge is -2.16. The number of alkyl carbamates (subject to hydrolysis) is 1. The highest BCUT2D eigenvalue weighted by Gasteiger charge is 2.28. The second-order valence-electron chi connectivity index (χ2n) is 8.15. The Kier molecular flexibility index (Phi) is 8.24. The highest BCUT2D eigenvalue weighted by Crippen LogP contribution is 2.44. The molecule has 2 aromatic carbocycles. The molecule has 0 saturated carbocycles. The van der Waals surface area contributed by atoms with Crippen LogP contribution in [-0.2, 0) is 14.3 Å². The van der Waals surface area contributed by atoms with Crippen molar-refractivity contribution in [3.05, 3.63) is 71.3 Å². The lowest BCUT2D eigenvalue weighted by molar-refractivity contribution is -0.137. The summed E-state index contributed by atoms with van der Waals surface area (Å²) in [7, 11) is 0. The van der Waals surface area contributed by atoms with E-state index in [-0.39, 0.29) is 31.4 Å². The van der Waals surface area contributed by atoms with E-state index in [4.69, 9.17) is 9.84 Å². The SMILES string of the molecule is CCC[C@@H](CC(=O)O)NC(=O)/C(C)=C/CNC(=O)OCC1c2ccccc2-c2ccccc21. The Hall–Kier alpha value is -3.61. The number of nitrogens with one attached hydrogen (secondary N) is 2. The van der Waals surface area contributed by atoms with Crippen molar-refractivity contribution >= 4 is 18.0 Å². The fourth-order valence-electron chi connectivity index (χ4n) is 4.11. The fraction of sp³-hybridized carbons (Fsp3) is 0.346. The van der Waals surface area contributed by atoms with Crippen LogP contribution in [-0.4, -0.2) is 42.3 Å². The van der Waals surface area contributed by atoms with Crippen LogP contribution >= 0.6 is 0 Å². The van der Waals surface area contributed by atoms with E-state index >= 15 is 0 Å². The van der Waals surface area contributed by atoms with Gasteiger partial charge in [-0.3, -0.25) is 9.59 Å². The van der Waals surface area contributed by atoms with Crippen LogP contribution in [0.3, 0.4) is 0 Å². The number of aliphatic carboxylic acids is 1. The van der Waals surface area contributed by atoms with Gasteiger partial charge >= 0.3 is 12.1 Å². The molecule has 0 heterocycles. The van der Waals surface area contributed by atoms with Gasteiger partial charge in [0.1, 0.15) is 6.61 Å². The topological polar surface area (TPSA) is 105 Å². The molecule has 0 aliphatic heterocycles. The fourth-order valence-corrected chi connectivity index (χ4v) is 4.11. The molecule has 0 bridgehead atoms. The van der Waals surface area contributed by atoms with E-state index in [0.717, 1.165) is 28.7 Å². The van der Waals surface area contributed by atoms with Crippen molar-refractivity contribution in [2.45, 2.75) is 45.1 Å². The van der Waals surface area contributed by atoms with E-state index in [2.05, 4.69) is 34.9 Å². The number of hydrogen-bond acceptors (Lipinski definition) is 4. The van der Waals surface area contributed by atoms with Gasteiger partial charge in [-0.05, 0) is 35.6 Å². The number of carbonyl (C=O) groups is 3. The van der Waals surface area contributed by atoms with Crippen LogP contribution in [0.25, 0.3) is 11.1 Å². The number of carbonyl (C=O) groups excluding carboxylic acids is 2. The summed E-state index contributed by atoms with van der Waals surface area (Å²) in [6.07, 6.45) is 2.26. The Morgan fingerprint density at radius 3 is 2.24 bits per heavy atom. The summed E-state index contributed by atoms with van der Waals surface area (Å²) >= 11 is 0. The zero-order valence-corrected chi connectivity index (χ0v) is 19.0. The molecule has 3 rings (SSSR count). The van der Waals surface area contributed by atoms with E-state index < -0.39 is 18.1 Å². The summed E-state index contributed by atoms with van der Waals surface area (Å²) < 4.78 is 5.48. The molecular formula is C26H30N2O5. The van der Waals surface area contributed by atoms with Crippen LogP contribution in [0, 0.1) is 0 Å². The number of rotatable bonds is 10. The first-order valence-electron chi connectivity index (χ1n) is 11.2. The molecule has 3 N–H and O–H groups in total. The van der Waals surface area contributed by atoms with Gasteiger partial charge in [0, 0.05) is 24.1 Å². The molecule has 7 heteroatoms. The van der Waals surface area contributed by atoms with E-state index in [0.29, 0.717) is 12.0 Å². The maximum Gasteiger partial charge on any atom is 0.407 e. The molecule has 0 radical (unpaired) electrons. The molecular weight excluding hydrogens is 420 g/mol. The Labute approximate surface area is 193 Å². The van der Waals surface area contributed by atoms with Crippen LogP contribution < -0.4 is 10.6 Å². The number of benzene rings is 2. The molecule has 1 aliphatic rings. The Balaban J connectivity index is 1.50. The van der Waals surface area contributed by atoms with Gasteiger partial charge in [-0.25, -0.2) is 4.79 Å². The lowest BCUT2D eigenvalue weighted by atomic mass is 9.98. The van der Waals surface area contributed by atoms with Crippen LogP contribution in [0.2, 0.25) is 0 Å². The normalized spacial score (nSPS) is 13.6. The van der Waals surface area contributed by atoms with Gasteiger partial charge in [-0.2, -0.15) is 0 Å². The number of carboxylic acid groups (broad SMARTS) is 1. The molecule has 2 amide bonds. The molecule has 0 unspecified atom stereocenters. The van der Waals surface area contributed by atoms with Crippen LogP contribution in [0.4, 0.5) is 4.79 Å². The first kappa shape index (κ1) is 24.0. The van der Waals surface area contributed by atoms with Crippen molar-refractivity contribution in [1.29, 1.82) is 0 Å². The van der Waals surface area contributed by atoms with Crippen molar-refractivity contribution in [3.8, 4) is 11.1 Å². The highest BCUT2D eigenvalue weighted by molar-refractivity contribution is 5.93. The number of fused-ring (bicyclic) bond motifs is 3. The van der Waals surface area contributed by atoms with Gasteiger partial charge in [0.2, 0.25) is 5.91 Å². The van der Waals surface area contributed by atoms with Gasteiger partial charge in [0.05, 0.1) is 6.42 Å². The van der Waals surface area contributed by atoms with Crippen LogP contribution in [0.15, 0.2) is 60.2 Å². The number of amides is 2. The summed E-state index contributed by atoms with van der Waals surface area (Å²) in [4.78, 5) is 35.5. The molecule has 7 nitrogen and oxygen atoms in total. The van der Waals surface area contributed by atoms with Crippen molar-refractivity contribution in [2.24, 2.45) is 0 Å². The van der Waals surface area contributed by atoms with Crippen molar-refractivity contribution in [3.63, 3.8) is 0 Å². The van der Waals surface area contributed by atoms with Gasteiger partial charge in [-0.15, -0.1) is 0 Å². The lowest BCUT2D eigenvalue weighted by Crippen LogP contribution is -2.37. The minimum absolute atomic E-state index is 0.0176. The van der Waals surface area contributed by atoms with E-state index in [1.807, 2.05) is 31.2 Å². The number of hydrogen-bond donors (Lipinski definition) is 3. The van der Waals surface area contributed by atoms with Gasteiger partial charge in [0.15, 0.2) is 0 Å². The first-order chi connectivity index (χ1) is 15.9. The molecule has 33 heavy (non-hydrogen) atoms. The van der Waals surface area contributed by atoms with E-state index in [9.17, 15) is 14.4 Å². The minimum atomic E-state index is -0.952. The largest absolute Gasteiger partial charge is 0.481 e. The van der Waals surface area contributed by atoms with Crippen molar-refractivity contribution in [1.82, 2.24) is 10.6 Å². The zero-order valence-electron chi connectivity index (χ0n) is 19.0. The van der Waals surface area contributed by atoms with Crippen molar-refractivity contribution in [2.75, 3.05) is 13.2 Å². The van der Waals surface area contributed by atoms with Gasteiger partial charge in [0.25, 0.3) is 0 Å². The monoisotopic (exact) mass is 450 g/mol. The Morgan fingerprint density at radius 1 is 1.06 bits per heavy atom. The standard InChI is InChI=1S/C26H30N2O5/c1-3-8-18(15-24(29)30)28-25(31)17(2)13-14-27-26(32)33-16-23-21-11-6-4-9-19(21)20-10-5-7-12-22(20)23/h4-7,9-13,18,23H,3,8,14-16H2,1-2H3,(H,27,32)(H,28,31)(H,29,30)/b17-13+/t18-/m0/s1. The summed E-state index contributed by atoms with van der Waals surface area (Å²) in [6, 6.07) is 15.8. The average molecular weight is 451 g/mol. The van der Waals surface area contributed by atoms with Crippen LogP contribution in [0.1, 0.15) is 50.2 Å². The molecule has 0 spiro atoms. The van der Waals surface area contributed by atoms with E-state index in [1.54, 1.807) is 13.0 Å². The summed E-state index contributed by atoms with van der Waals surface area (Å²) in [5.74, 6) is -1.31. The van der Waals surface area contributed by atoms with Crippen molar-refractivity contribution < 1.29 is 24.2 Å². The highest BCUT2D eigenvalue weighted by atomic mass is 16.5. The maximum absolute atomic E-state index is 12.3. The molecule has 2 aromatic rings. The number of carboxylic acids is 1. The first-order valence-corrected chi connectivity index (χ1v) is 11.2. The molecule has 0 fully saturated rings. The second kappa shape index (κ2) is 11.3. The quantitative estimate of drug-likeness (QED) is 0.470. The number of ether oxygens (including phenoxy) is 1.